The summed E-state index contributed by atoms with van der Waals surface area (Å²) in [5.41, 5.74) is 0.942. The first-order valence-electron chi connectivity index (χ1n) is 6.75. The summed E-state index contributed by atoms with van der Waals surface area (Å²) in [4.78, 5) is 0. The Kier molecular flexibility index (Phi) is 4.43. The molecule has 2 atom stereocenters. The van der Waals surface area contributed by atoms with Crippen LogP contribution in [0.25, 0.3) is 0 Å². The van der Waals surface area contributed by atoms with Gasteiger partial charge in [-0.25, -0.2) is 0 Å². The van der Waals surface area contributed by atoms with Gasteiger partial charge < -0.3 is 9.84 Å². The Morgan fingerprint density at radius 2 is 2.06 bits per heavy atom. The van der Waals surface area contributed by atoms with E-state index in [2.05, 4.69) is 6.92 Å². The van der Waals surface area contributed by atoms with E-state index in [4.69, 9.17) is 4.74 Å². The number of ether oxygens (including phenoxy) is 1. The lowest BCUT2D eigenvalue weighted by molar-refractivity contribution is 0.0605. The zero-order valence-corrected chi connectivity index (χ0v) is 10.6. The maximum absolute atomic E-state index is 10.1. The van der Waals surface area contributed by atoms with Crippen LogP contribution in [0.5, 0.6) is 5.75 Å². The molecule has 0 aliphatic carbocycles. The number of hydrogen-bond donors (Lipinski definition) is 1. The third-order valence-corrected chi connectivity index (χ3v) is 3.44. The zero-order chi connectivity index (χ0) is 12.1. The maximum Gasteiger partial charge on any atom is 0.125 e. The fraction of sp³-hybridized carbons (Fsp3) is 0.600. The van der Waals surface area contributed by atoms with E-state index in [1.54, 1.807) is 0 Å². The molecule has 1 aromatic carbocycles. The Morgan fingerprint density at radius 3 is 2.88 bits per heavy atom. The predicted octanol–water partition coefficient (Wildman–Crippen LogP) is 3.84. The van der Waals surface area contributed by atoms with Crippen LogP contribution < -0.4 is 4.74 Å². The van der Waals surface area contributed by atoms with E-state index in [1.807, 2.05) is 24.3 Å². The lowest BCUT2D eigenvalue weighted by Crippen LogP contribution is -2.25. The minimum atomic E-state index is -0.351. The predicted molar refractivity (Wildman–Crippen MR) is 69.2 cm³/mol. The van der Waals surface area contributed by atoms with Crippen LogP contribution in [0.1, 0.15) is 57.1 Å². The Morgan fingerprint density at radius 1 is 1.24 bits per heavy atom. The van der Waals surface area contributed by atoms with Crippen molar-refractivity contribution in [3.8, 4) is 5.75 Å². The van der Waals surface area contributed by atoms with E-state index in [-0.39, 0.29) is 12.2 Å². The Balaban J connectivity index is 1.88. The molecule has 0 fully saturated rings. The average Bonchev–Trinajstić information content (AvgIpc) is 2.35. The quantitative estimate of drug-likeness (QED) is 0.784. The summed E-state index contributed by atoms with van der Waals surface area (Å²) in [5, 5.41) is 10.1. The van der Waals surface area contributed by atoms with E-state index < -0.39 is 0 Å². The first-order valence-corrected chi connectivity index (χ1v) is 6.75. The molecular weight excluding hydrogens is 212 g/mol. The fourth-order valence-electron chi connectivity index (χ4n) is 2.44. The maximum atomic E-state index is 10.1. The molecule has 1 aliphatic heterocycles. The lowest BCUT2D eigenvalue weighted by atomic mass is 9.96. The van der Waals surface area contributed by atoms with Gasteiger partial charge >= 0.3 is 0 Å². The van der Waals surface area contributed by atoms with Gasteiger partial charge in [0.2, 0.25) is 0 Å². The third kappa shape index (κ3) is 3.22. The molecule has 0 spiro atoms. The molecule has 0 aromatic heterocycles. The second-order valence-electron chi connectivity index (χ2n) is 4.88. The highest BCUT2D eigenvalue weighted by molar-refractivity contribution is 5.36. The molecule has 0 amide bonds. The van der Waals surface area contributed by atoms with Gasteiger partial charge in [-0.15, -0.1) is 0 Å². The number of benzene rings is 1. The highest BCUT2D eigenvalue weighted by atomic mass is 16.5. The molecule has 1 heterocycles. The van der Waals surface area contributed by atoms with Gasteiger partial charge in [0.15, 0.2) is 0 Å². The Labute approximate surface area is 104 Å². The minimum Gasteiger partial charge on any atom is -0.490 e. The van der Waals surface area contributed by atoms with Gasteiger partial charge in [-0.1, -0.05) is 44.4 Å². The molecule has 17 heavy (non-hydrogen) atoms. The number of aliphatic hydroxyl groups excluding tert-OH is 1. The summed E-state index contributed by atoms with van der Waals surface area (Å²) < 4.78 is 5.92. The third-order valence-electron chi connectivity index (χ3n) is 3.44. The molecule has 0 saturated carbocycles. The molecule has 0 bridgehead atoms. The standard InChI is InChI=1S/C15H22O2/c1-2-3-4-5-8-12-11-14(16)13-9-6-7-10-15(13)17-12/h6-7,9-10,12,14,16H,2-5,8,11H2,1H3/t12-,14-/m1/s1. The zero-order valence-electron chi connectivity index (χ0n) is 10.6. The van der Waals surface area contributed by atoms with Crippen molar-refractivity contribution in [2.75, 3.05) is 0 Å². The van der Waals surface area contributed by atoms with Crippen molar-refractivity contribution in [1.82, 2.24) is 0 Å². The van der Waals surface area contributed by atoms with Crippen molar-refractivity contribution in [2.45, 2.75) is 57.7 Å². The molecule has 2 rings (SSSR count). The van der Waals surface area contributed by atoms with Crippen molar-refractivity contribution in [2.24, 2.45) is 0 Å². The van der Waals surface area contributed by atoms with E-state index in [9.17, 15) is 5.11 Å². The summed E-state index contributed by atoms with van der Waals surface area (Å²) in [7, 11) is 0. The summed E-state index contributed by atoms with van der Waals surface area (Å²) in [6.07, 6.45) is 6.67. The lowest BCUT2D eigenvalue weighted by Gasteiger charge is -2.29. The van der Waals surface area contributed by atoms with Crippen LogP contribution in [0.15, 0.2) is 24.3 Å². The second-order valence-corrected chi connectivity index (χ2v) is 4.88. The summed E-state index contributed by atoms with van der Waals surface area (Å²) in [6, 6.07) is 7.82. The number of unbranched alkanes of at least 4 members (excludes halogenated alkanes) is 3. The second kappa shape index (κ2) is 6.06. The van der Waals surface area contributed by atoms with Crippen molar-refractivity contribution in [3.63, 3.8) is 0 Å². The number of aliphatic hydroxyl groups is 1. The molecule has 1 N–H and O–H groups in total. The number of para-hydroxylation sites is 1. The van der Waals surface area contributed by atoms with Crippen LogP contribution in [0.2, 0.25) is 0 Å². The average molecular weight is 234 g/mol. The van der Waals surface area contributed by atoms with E-state index in [1.165, 1.54) is 25.7 Å². The van der Waals surface area contributed by atoms with Crippen LogP contribution in [-0.2, 0) is 0 Å². The first kappa shape index (κ1) is 12.4. The van der Waals surface area contributed by atoms with Crippen LogP contribution in [0.3, 0.4) is 0 Å². The number of fused-ring (bicyclic) bond motifs is 1. The van der Waals surface area contributed by atoms with Crippen molar-refractivity contribution in [1.29, 1.82) is 0 Å². The minimum absolute atomic E-state index is 0.191. The first-order chi connectivity index (χ1) is 8.31. The molecule has 94 valence electrons. The van der Waals surface area contributed by atoms with Gasteiger partial charge in [-0.3, -0.25) is 0 Å². The molecule has 2 heteroatoms. The molecular formula is C15H22O2. The topological polar surface area (TPSA) is 29.5 Å². The van der Waals surface area contributed by atoms with Crippen molar-refractivity contribution in [3.05, 3.63) is 29.8 Å². The molecule has 1 aromatic rings. The summed E-state index contributed by atoms with van der Waals surface area (Å²) in [5.74, 6) is 0.867. The van der Waals surface area contributed by atoms with Crippen LogP contribution in [0.4, 0.5) is 0 Å². The van der Waals surface area contributed by atoms with Crippen LogP contribution >= 0.6 is 0 Å². The summed E-state index contributed by atoms with van der Waals surface area (Å²) >= 11 is 0. The SMILES string of the molecule is CCCCCC[C@@H]1C[C@@H](O)c2ccccc2O1. The van der Waals surface area contributed by atoms with Gasteiger partial charge in [0.05, 0.1) is 6.10 Å². The van der Waals surface area contributed by atoms with Crippen molar-refractivity contribution < 1.29 is 9.84 Å². The molecule has 0 radical (unpaired) electrons. The largest absolute Gasteiger partial charge is 0.490 e. The molecule has 0 saturated heterocycles. The highest BCUT2D eigenvalue weighted by Gasteiger charge is 2.25. The van der Waals surface area contributed by atoms with Gasteiger partial charge in [-0.05, 0) is 18.9 Å². The van der Waals surface area contributed by atoms with Gasteiger partial charge in [0.25, 0.3) is 0 Å². The Bertz CT molecular complexity index is 349. The summed E-state index contributed by atoms with van der Waals surface area (Å²) in [6.45, 7) is 2.22. The van der Waals surface area contributed by atoms with E-state index in [0.29, 0.717) is 0 Å². The smallest absolute Gasteiger partial charge is 0.125 e. The van der Waals surface area contributed by atoms with Crippen LogP contribution in [-0.4, -0.2) is 11.2 Å². The monoisotopic (exact) mass is 234 g/mol. The van der Waals surface area contributed by atoms with Gasteiger partial charge in [0.1, 0.15) is 11.9 Å². The van der Waals surface area contributed by atoms with Crippen LogP contribution in [0, 0.1) is 0 Å². The normalized spacial score (nSPS) is 22.9. The highest BCUT2D eigenvalue weighted by Crippen LogP contribution is 2.35. The van der Waals surface area contributed by atoms with Crippen molar-refractivity contribution >= 4 is 0 Å². The molecule has 2 nitrogen and oxygen atoms in total. The van der Waals surface area contributed by atoms with Gasteiger partial charge in [0, 0.05) is 12.0 Å². The molecule has 0 unspecified atom stereocenters. The number of hydrogen-bond acceptors (Lipinski definition) is 2. The van der Waals surface area contributed by atoms with E-state index in [0.717, 1.165) is 24.2 Å². The Hall–Kier alpha value is -1.02. The molecule has 1 aliphatic rings. The number of rotatable bonds is 5. The fourth-order valence-corrected chi connectivity index (χ4v) is 2.44. The van der Waals surface area contributed by atoms with Gasteiger partial charge in [-0.2, -0.15) is 0 Å². The van der Waals surface area contributed by atoms with E-state index >= 15 is 0 Å².